The quantitative estimate of drug-likeness (QED) is 0.617. The number of fused-ring (bicyclic) bond motifs is 1. The third-order valence-corrected chi connectivity index (χ3v) is 7.00. The predicted octanol–water partition coefficient (Wildman–Crippen LogP) is 3.85. The van der Waals surface area contributed by atoms with Gasteiger partial charge in [0.15, 0.2) is 0 Å². The molecule has 1 aliphatic rings. The van der Waals surface area contributed by atoms with Crippen LogP contribution in [0.15, 0.2) is 24.4 Å². The normalized spacial score (nSPS) is 18.1. The van der Waals surface area contributed by atoms with Crippen LogP contribution in [0.1, 0.15) is 42.5 Å². The molecule has 22 heavy (non-hydrogen) atoms. The maximum Gasteiger partial charge on any atom is 0.250 e. The van der Waals surface area contributed by atoms with Crippen LogP contribution in [0.25, 0.3) is 10.9 Å². The van der Waals surface area contributed by atoms with Crippen LogP contribution in [-0.4, -0.2) is 26.7 Å². The van der Waals surface area contributed by atoms with Gasteiger partial charge in [0, 0.05) is 29.1 Å². The molecule has 1 saturated heterocycles. The third-order valence-electron chi connectivity index (χ3n) is 3.99. The van der Waals surface area contributed by atoms with E-state index >= 15 is 0 Å². The summed E-state index contributed by atoms with van der Waals surface area (Å²) in [4.78, 5) is 11.4. The largest absolute Gasteiger partial charge is 0.366 e. The fourth-order valence-corrected chi connectivity index (χ4v) is 5.82. The minimum Gasteiger partial charge on any atom is -0.366 e. The van der Waals surface area contributed by atoms with E-state index in [-0.39, 0.29) is 0 Å². The van der Waals surface area contributed by atoms with Gasteiger partial charge in [-0.1, -0.05) is 46.6 Å². The van der Waals surface area contributed by atoms with Gasteiger partial charge in [-0.15, -0.1) is 0 Å². The number of aromatic nitrogens is 2. The second-order valence-corrected chi connectivity index (χ2v) is 8.47. The van der Waals surface area contributed by atoms with E-state index < -0.39 is 5.91 Å². The van der Waals surface area contributed by atoms with Crippen LogP contribution in [0.2, 0.25) is 0 Å². The van der Waals surface area contributed by atoms with E-state index in [0.717, 1.165) is 29.1 Å². The molecule has 1 aromatic carbocycles. The lowest BCUT2D eigenvalue weighted by atomic mass is 10.1. The molecule has 1 fully saturated rings. The van der Waals surface area contributed by atoms with Crippen LogP contribution < -0.4 is 5.73 Å². The van der Waals surface area contributed by atoms with Gasteiger partial charge in [0.2, 0.25) is 0 Å². The Bertz CT molecular complexity index is 650. The number of hydrogen-bond donors (Lipinski definition) is 1. The zero-order valence-electron chi connectivity index (χ0n) is 12.5. The van der Waals surface area contributed by atoms with Crippen molar-refractivity contribution >= 4 is 38.4 Å². The number of hydrogen-bond acceptors (Lipinski definition) is 4. The monoisotopic (exact) mass is 335 g/mol. The van der Waals surface area contributed by atoms with Crippen molar-refractivity contribution in [3.63, 3.8) is 0 Å². The van der Waals surface area contributed by atoms with E-state index in [1.807, 2.05) is 33.8 Å². The van der Waals surface area contributed by atoms with Crippen molar-refractivity contribution in [3.8, 4) is 0 Å². The van der Waals surface area contributed by atoms with E-state index in [1.54, 1.807) is 6.07 Å². The standard InChI is InChI=1S/C16H21N3OS2/c17-16(20)14-7-4-5-12-11-19(18-15(12)14)9-3-1-2-6-13-8-10-21-22-13/h4-5,7,11,13H,1-3,6,8-10H2,(H2,17,20)/t13-/m1/s1. The van der Waals surface area contributed by atoms with Gasteiger partial charge in [0.05, 0.1) is 5.56 Å². The number of nitrogens with zero attached hydrogens (tertiary/aromatic N) is 2. The summed E-state index contributed by atoms with van der Waals surface area (Å²) in [5, 5.41) is 6.37. The van der Waals surface area contributed by atoms with E-state index in [2.05, 4.69) is 15.9 Å². The van der Waals surface area contributed by atoms with Gasteiger partial charge in [-0.05, 0) is 25.3 Å². The first-order chi connectivity index (χ1) is 10.7. The van der Waals surface area contributed by atoms with Crippen LogP contribution in [-0.2, 0) is 6.54 Å². The van der Waals surface area contributed by atoms with Crippen LogP contribution >= 0.6 is 21.6 Å². The number of rotatable bonds is 7. The second kappa shape index (κ2) is 7.42. The van der Waals surface area contributed by atoms with Crippen LogP contribution in [0.4, 0.5) is 0 Å². The first-order valence-corrected chi connectivity index (χ1v) is 10.2. The van der Waals surface area contributed by atoms with Gasteiger partial charge in [0.1, 0.15) is 5.52 Å². The zero-order chi connectivity index (χ0) is 15.4. The van der Waals surface area contributed by atoms with E-state index in [1.165, 1.54) is 31.4 Å². The lowest BCUT2D eigenvalue weighted by Gasteiger charge is -2.06. The maximum absolute atomic E-state index is 11.4. The summed E-state index contributed by atoms with van der Waals surface area (Å²) in [7, 11) is 4.07. The Morgan fingerprint density at radius 2 is 2.27 bits per heavy atom. The molecule has 1 atom stereocenters. The number of aryl methyl sites for hydroxylation is 1. The van der Waals surface area contributed by atoms with Crippen molar-refractivity contribution in [3.05, 3.63) is 30.0 Å². The zero-order valence-corrected chi connectivity index (χ0v) is 14.2. The molecule has 0 saturated carbocycles. The molecule has 2 aromatic rings. The van der Waals surface area contributed by atoms with E-state index in [9.17, 15) is 4.79 Å². The summed E-state index contributed by atoms with van der Waals surface area (Å²) in [6.45, 7) is 0.902. The van der Waals surface area contributed by atoms with Crippen molar-refractivity contribution < 1.29 is 4.79 Å². The maximum atomic E-state index is 11.4. The molecule has 3 rings (SSSR count). The number of carbonyl (C=O) groups excluding carboxylic acids is 1. The van der Waals surface area contributed by atoms with E-state index in [0.29, 0.717) is 5.56 Å². The van der Waals surface area contributed by atoms with Gasteiger partial charge >= 0.3 is 0 Å². The number of benzene rings is 1. The Labute approximate surface area is 138 Å². The van der Waals surface area contributed by atoms with Crippen LogP contribution in [0.3, 0.4) is 0 Å². The average Bonchev–Trinajstić information content (AvgIpc) is 3.14. The highest BCUT2D eigenvalue weighted by molar-refractivity contribution is 8.77. The fourth-order valence-electron chi connectivity index (χ4n) is 2.80. The van der Waals surface area contributed by atoms with Crippen molar-refractivity contribution in [1.82, 2.24) is 9.78 Å². The van der Waals surface area contributed by atoms with Crippen molar-refractivity contribution in [2.75, 3.05) is 5.75 Å². The first-order valence-electron chi connectivity index (χ1n) is 7.78. The smallest absolute Gasteiger partial charge is 0.250 e. The number of nitrogens with two attached hydrogens (primary N) is 1. The molecule has 0 radical (unpaired) electrons. The molecule has 0 unspecified atom stereocenters. The predicted molar refractivity (Wildman–Crippen MR) is 95.2 cm³/mol. The Morgan fingerprint density at radius 1 is 1.36 bits per heavy atom. The summed E-state index contributed by atoms with van der Waals surface area (Å²) < 4.78 is 1.94. The highest BCUT2D eigenvalue weighted by atomic mass is 33.1. The third kappa shape index (κ3) is 3.79. The lowest BCUT2D eigenvalue weighted by molar-refractivity contribution is 0.100. The highest BCUT2D eigenvalue weighted by Crippen LogP contribution is 2.39. The van der Waals surface area contributed by atoms with Crippen LogP contribution in [0.5, 0.6) is 0 Å². The van der Waals surface area contributed by atoms with Crippen LogP contribution in [0, 0.1) is 0 Å². The summed E-state index contributed by atoms with van der Waals surface area (Å²) in [6, 6.07) is 5.56. The molecule has 1 amide bonds. The lowest BCUT2D eigenvalue weighted by Crippen LogP contribution is -2.11. The summed E-state index contributed by atoms with van der Waals surface area (Å²) in [5.74, 6) is 0.903. The Morgan fingerprint density at radius 3 is 3.05 bits per heavy atom. The topological polar surface area (TPSA) is 60.9 Å². The molecular formula is C16H21N3OS2. The summed E-state index contributed by atoms with van der Waals surface area (Å²) in [5.41, 5.74) is 6.62. The number of carbonyl (C=O) groups is 1. The first kappa shape index (κ1) is 15.7. The van der Waals surface area contributed by atoms with Gasteiger partial charge in [0.25, 0.3) is 5.91 Å². The minimum atomic E-state index is -0.414. The Hall–Kier alpha value is -1.14. The molecule has 6 heteroatoms. The molecule has 1 aromatic heterocycles. The van der Waals surface area contributed by atoms with Crippen molar-refractivity contribution in [2.45, 2.75) is 43.9 Å². The van der Waals surface area contributed by atoms with Crippen molar-refractivity contribution in [1.29, 1.82) is 0 Å². The summed E-state index contributed by atoms with van der Waals surface area (Å²) >= 11 is 0. The second-order valence-electron chi connectivity index (χ2n) is 5.68. The number of unbranched alkanes of at least 4 members (excludes halogenated alkanes) is 2. The highest BCUT2D eigenvalue weighted by Gasteiger charge is 2.15. The summed E-state index contributed by atoms with van der Waals surface area (Å²) in [6.07, 6.45) is 8.38. The number of primary amides is 1. The Balaban J connectivity index is 1.51. The average molecular weight is 335 g/mol. The van der Waals surface area contributed by atoms with Gasteiger partial charge in [-0.3, -0.25) is 9.48 Å². The number of amides is 1. The molecule has 4 nitrogen and oxygen atoms in total. The Kier molecular flexibility index (Phi) is 5.31. The minimum absolute atomic E-state index is 0.414. The molecule has 2 N–H and O–H groups in total. The molecule has 2 heterocycles. The van der Waals surface area contributed by atoms with E-state index in [4.69, 9.17) is 5.73 Å². The van der Waals surface area contributed by atoms with Crippen molar-refractivity contribution in [2.24, 2.45) is 5.73 Å². The molecule has 1 aliphatic heterocycles. The molecule has 0 aliphatic carbocycles. The molecular weight excluding hydrogens is 314 g/mol. The molecule has 118 valence electrons. The molecule has 0 bridgehead atoms. The van der Waals surface area contributed by atoms with Gasteiger partial charge in [-0.25, -0.2) is 0 Å². The SMILES string of the molecule is NC(=O)c1cccc2cn(CCCCC[C@@H]3CCSS3)nc12. The fraction of sp³-hybridized carbons (Fsp3) is 0.500. The molecule has 0 spiro atoms. The van der Waals surface area contributed by atoms with Gasteiger partial charge in [-0.2, -0.15) is 5.10 Å². The van der Waals surface area contributed by atoms with Gasteiger partial charge < -0.3 is 5.73 Å².